The van der Waals surface area contributed by atoms with Gasteiger partial charge in [-0.1, -0.05) is 0 Å². The highest BCUT2D eigenvalue weighted by Gasteiger charge is 2.39. The van der Waals surface area contributed by atoms with Gasteiger partial charge < -0.3 is 35.0 Å². The summed E-state index contributed by atoms with van der Waals surface area (Å²) in [6.45, 7) is 0. The van der Waals surface area contributed by atoms with Crippen LogP contribution < -0.4 is 9.47 Å². The Morgan fingerprint density at radius 3 is 2.21 bits per heavy atom. The minimum absolute atomic E-state index is 0.0146. The lowest BCUT2D eigenvalue weighted by Crippen LogP contribution is -2.36. The number of Topliss-reactive ketones (excluding diaryl/α,β-unsaturated/α-hetero) is 1. The molecule has 0 aromatic heterocycles. The molecule has 3 rings (SSSR count). The van der Waals surface area contributed by atoms with Gasteiger partial charge in [-0.3, -0.25) is 4.79 Å². The largest absolute Gasteiger partial charge is 0.507 e. The number of hydrogen-bond acceptors (Lipinski definition) is 8. The van der Waals surface area contributed by atoms with E-state index in [9.17, 15) is 30.3 Å². The van der Waals surface area contributed by atoms with Crippen LogP contribution in [-0.4, -0.2) is 44.5 Å². The monoisotopic (exact) mass is 334 g/mol. The van der Waals surface area contributed by atoms with Gasteiger partial charge in [-0.25, -0.2) is 0 Å². The zero-order chi connectivity index (χ0) is 17.6. The van der Waals surface area contributed by atoms with Crippen LogP contribution in [0.25, 0.3) is 0 Å². The first-order valence-electron chi connectivity index (χ1n) is 6.88. The molecule has 5 N–H and O–H groups in total. The Bertz CT molecular complexity index is 806. The van der Waals surface area contributed by atoms with E-state index in [2.05, 4.69) is 0 Å². The number of rotatable bonds is 2. The molecule has 8 heteroatoms. The fourth-order valence-electron chi connectivity index (χ4n) is 2.56. The lowest BCUT2D eigenvalue weighted by molar-refractivity contribution is 0.0209. The smallest absolute Gasteiger partial charge is 0.202 e. The van der Waals surface area contributed by atoms with Crippen molar-refractivity contribution in [1.82, 2.24) is 0 Å². The maximum atomic E-state index is 12.4. The number of ether oxygens (including phenoxy) is 2. The summed E-state index contributed by atoms with van der Waals surface area (Å²) in [5.41, 5.74) is -0.122. The van der Waals surface area contributed by atoms with Gasteiger partial charge in [0.25, 0.3) is 0 Å². The van der Waals surface area contributed by atoms with Crippen molar-refractivity contribution in [3.8, 4) is 34.5 Å². The van der Waals surface area contributed by atoms with Crippen molar-refractivity contribution in [2.75, 3.05) is 7.11 Å². The van der Waals surface area contributed by atoms with Crippen LogP contribution in [0.5, 0.6) is 34.5 Å². The maximum Gasteiger partial charge on any atom is 0.202 e. The molecule has 1 heterocycles. The third kappa shape index (κ3) is 2.33. The average Bonchev–Trinajstić information content (AvgIpc) is 2.54. The second kappa shape index (κ2) is 5.50. The summed E-state index contributed by atoms with van der Waals surface area (Å²) in [6.07, 6.45) is -2.94. The predicted molar refractivity (Wildman–Crippen MR) is 79.8 cm³/mol. The van der Waals surface area contributed by atoms with Crippen molar-refractivity contribution in [3.05, 3.63) is 35.4 Å². The third-order valence-electron chi connectivity index (χ3n) is 3.77. The number of benzene rings is 2. The van der Waals surface area contributed by atoms with Gasteiger partial charge in [0.2, 0.25) is 5.78 Å². The first kappa shape index (κ1) is 15.8. The molecular weight excluding hydrogens is 320 g/mol. The fourth-order valence-corrected chi connectivity index (χ4v) is 2.56. The average molecular weight is 334 g/mol. The van der Waals surface area contributed by atoms with E-state index in [0.29, 0.717) is 0 Å². The quantitative estimate of drug-likeness (QED) is 0.517. The number of carbonyl (C=O) groups excluding carboxylic acids is 1. The van der Waals surface area contributed by atoms with Crippen LogP contribution in [-0.2, 0) is 0 Å². The number of aromatic hydroxyl groups is 4. The molecule has 2 aromatic carbocycles. The van der Waals surface area contributed by atoms with Crippen LogP contribution in [0, 0.1) is 0 Å². The Balaban J connectivity index is 2.10. The molecule has 0 amide bonds. The van der Waals surface area contributed by atoms with Crippen molar-refractivity contribution in [2.24, 2.45) is 0 Å². The molecule has 0 unspecified atom stereocenters. The van der Waals surface area contributed by atoms with E-state index in [-0.39, 0.29) is 22.6 Å². The number of hydrogen-bond donors (Lipinski definition) is 5. The van der Waals surface area contributed by atoms with Gasteiger partial charge in [-0.2, -0.15) is 0 Å². The van der Waals surface area contributed by atoms with Crippen LogP contribution >= 0.6 is 0 Å². The summed E-state index contributed by atoms with van der Waals surface area (Å²) in [4.78, 5) is 12.4. The molecule has 0 aliphatic carbocycles. The maximum absolute atomic E-state index is 12.4. The number of methoxy groups -OCH3 is 1. The fraction of sp³-hybridized carbons (Fsp3) is 0.188. The SMILES string of the molecule is COc1cc(O)c2c(c1)O[C@@H](c1cc(O)c(O)c(O)c1)[C@H](O)C2=O. The molecule has 0 radical (unpaired) electrons. The highest BCUT2D eigenvalue weighted by Crippen LogP contribution is 2.44. The summed E-state index contributed by atoms with van der Waals surface area (Å²) in [5.74, 6) is -2.95. The molecule has 0 spiro atoms. The first-order chi connectivity index (χ1) is 11.3. The Morgan fingerprint density at radius 1 is 1.00 bits per heavy atom. The summed E-state index contributed by atoms with van der Waals surface area (Å²) in [6, 6.07) is 4.69. The highest BCUT2D eigenvalue weighted by atomic mass is 16.5. The number of phenols is 4. The van der Waals surface area contributed by atoms with Crippen LogP contribution in [0.3, 0.4) is 0 Å². The standard InChI is InChI=1S/C16H14O8/c1-23-7-4-8(17)12-11(5-7)24-16(15(22)14(12)21)6-2-9(18)13(20)10(19)3-6/h2-5,15-20,22H,1H3/t15-,16+/m1/s1. The van der Waals surface area contributed by atoms with Crippen LogP contribution in [0.2, 0.25) is 0 Å². The second-order valence-electron chi connectivity index (χ2n) is 5.27. The number of carbonyl (C=O) groups is 1. The van der Waals surface area contributed by atoms with Crippen molar-refractivity contribution in [2.45, 2.75) is 12.2 Å². The normalized spacial score (nSPS) is 19.5. The van der Waals surface area contributed by atoms with Crippen LogP contribution in [0.1, 0.15) is 22.0 Å². The summed E-state index contributed by atoms with van der Waals surface area (Å²) in [5, 5.41) is 48.7. The summed E-state index contributed by atoms with van der Waals surface area (Å²) in [7, 11) is 1.37. The van der Waals surface area contributed by atoms with Crippen molar-refractivity contribution < 1.29 is 39.8 Å². The Labute approximate surface area is 135 Å². The molecule has 1 aliphatic heterocycles. The van der Waals surface area contributed by atoms with Gasteiger partial charge in [0.15, 0.2) is 29.5 Å². The molecule has 8 nitrogen and oxygen atoms in total. The second-order valence-corrected chi connectivity index (χ2v) is 5.27. The lowest BCUT2D eigenvalue weighted by atomic mass is 9.92. The van der Waals surface area contributed by atoms with E-state index in [1.807, 2.05) is 0 Å². The van der Waals surface area contributed by atoms with Gasteiger partial charge in [0, 0.05) is 17.7 Å². The molecule has 0 saturated carbocycles. The van der Waals surface area contributed by atoms with Gasteiger partial charge in [-0.05, 0) is 12.1 Å². The minimum Gasteiger partial charge on any atom is -0.507 e. The van der Waals surface area contributed by atoms with Crippen LogP contribution in [0.15, 0.2) is 24.3 Å². The van der Waals surface area contributed by atoms with E-state index in [4.69, 9.17) is 9.47 Å². The zero-order valence-corrected chi connectivity index (χ0v) is 12.4. The van der Waals surface area contributed by atoms with Crippen LogP contribution in [0.4, 0.5) is 0 Å². The molecule has 1 aliphatic rings. The molecule has 0 fully saturated rings. The first-order valence-corrected chi connectivity index (χ1v) is 6.88. The number of ketones is 1. The van der Waals surface area contributed by atoms with Crippen molar-refractivity contribution in [3.63, 3.8) is 0 Å². The summed E-state index contributed by atoms with van der Waals surface area (Å²) < 4.78 is 10.6. The number of fused-ring (bicyclic) bond motifs is 1. The lowest BCUT2D eigenvalue weighted by Gasteiger charge is -2.30. The van der Waals surface area contributed by atoms with Gasteiger partial charge in [0.05, 0.1) is 7.11 Å². The number of phenolic OH excluding ortho intramolecular Hbond substituents is 4. The highest BCUT2D eigenvalue weighted by molar-refractivity contribution is 6.05. The van der Waals surface area contributed by atoms with E-state index in [0.717, 1.165) is 12.1 Å². The molecule has 2 aromatic rings. The number of aliphatic hydroxyl groups excluding tert-OH is 1. The Kier molecular flexibility index (Phi) is 3.61. The van der Waals surface area contributed by atoms with Crippen molar-refractivity contribution in [1.29, 1.82) is 0 Å². The van der Waals surface area contributed by atoms with E-state index < -0.39 is 41.0 Å². The van der Waals surface area contributed by atoms with E-state index >= 15 is 0 Å². The Morgan fingerprint density at radius 2 is 1.62 bits per heavy atom. The molecule has 0 bridgehead atoms. The van der Waals surface area contributed by atoms with Gasteiger partial charge in [-0.15, -0.1) is 0 Å². The van der Waals surface area contributed by atoms with E-state index in [1.54, 1.807) is 0 Å². The number of aliphatic hydroxyl groups is 1. The zero-order valence-electron chi connectivity index (χ0n) is 12.4. The predicted octanol–water partition coefficient (Wildman–Crippen LogP) is 1.19. The summed E-state index contributed by atoms with van der Waals surface area (Å²) >= 11 is 0. The molecular formula is C16H14O8. The Hall–Kier alpha value is -3.13. The van der Waals surface area contributed by atoms with E-state index in [1.165, 1.54) is 19.2 Å². The van der Waals surface area contributed by atoms with Gasteiger partial charge in [0.1, 0.15) is 22.8 Å². The minimum atomic E-state index is -1.68. The van der Waals surface area contributed by atoms with Gasteiger partial charge >= 0.3 is 0 Å². The van der Waals surface area contributed by atoms with Crippen molar-refractivity contribution >= 4 is 5.78 Å². The molecule has 0 saturated heterocycles. The molecule has 2 atom stereocenters. The topological polar surface area (TPSA) is 137 Å². The third-order valence-corrected chi connectivity index (χ3v) is 3.77. The molecule has 126 valence electrons. The molecule has 24 heavy (non-hydrogen) atoms.